The van der Waals surface area contributed by atoms with Crippen molar-refractivity contribution in [3.05, 3.63) is 98.5 Å². The fourth-order valence-corrected chi connectivity index (χ4v) is 6.94. The molecule has 1 atom stereocenters. The highest BCUT2D eigenvalue weighted by atomic mass is 35.5. The average molecular weight is 722 g/mol. The van der Waals surface area contributed by atoms with Crippen molar-refractivity contribution in [3.63, 3.8) is 0 Å². The molecule has 48 heavy (non-hydrogen) atoms. The zero-order valence-corrected chi connectivity index (χ0v) is 29.4. The molecule has 1 heterocycles. The first-order chi connectivity index (χ1) is 23.1. The van der Waals surface area contributed by atoms with Crippen LogP contribution in [0.25, 0.3) is 0 Å². The van der Waals surface area contributed by atoms with Gasteiger partial charge in [0.05, 0.1) is 44.5 Å². The van der Waals surface area contributed by atoms with Gasteiger partial charge in [-0.15, -0.1) is 0 Å². The number of rotatable bonds is 18. The fourth-order valence-electron chi connectivity index (χ4n) is 5.31. The first-order valence-electron chi connectivity index (χ1n) is 15.7. The highest BCUT2D eigenvalue weighted by Gasteiger charge is 2.28. The minimum Gasteiger partial charge on any atom is -0.378 e. The zero-order valence-electron chi connectivity index (χ0n) is 27.1. The lowest BCUT2D eigenvalue weighted by Gasteiger charge is -2.33. The summed E-state index contributed by atoms with van der Waals surface area (Å²) in [5.74, 6) is -0.588. The average Bonchev–Trinajstić information content (AvgIpc) is 3.07. The van der Waals surface area contributed by atoms with Gasteiger partial charge in [0, 0.05) is 59.8 Å². The molecule has 4 rings (SSSR count). The number of nitrogens with zero attached hydrogens (tertiary/aromatic N) is 1. The third-order valence-corrected chi connectivity index (χ3v) is 9.62. The normalized spacial score (nSPS) is 14.8. The van der Waals surface area contributed by atoms with Crippen LogP contribution >= 0.6 is 23.2 Å². The van der Waals surface area contributed by atoms with E-state index in [2.05, 4.69) is 20.3 Å². The van der Waals surface area contributed by atoms with Crippen molar-refractivity contribution in [1.29, 1.82) is 0 Å². The van der Waals surface area contributed by atoms with Crippen LogP contribution in [0.2, 0.25) is 10.0 Å². The number of sulfonamides is 1. The van der Waals surface area contributed by atoms with Gasteiger partial charge in [0.2, 0.25) is 10.0 Å². The highest BCUT2D eigenvalue weighted by molar-refractivity contribution is 7.89. The minimum absolute atomic E-state index is 0.0739. The Kier molecular flexibility index (Phi) is 14.6. The predicted molar refractivity (Wildman–Crippen MR) is 186 cm³/mol. The van der Waals surface area contributed by atoms with E-state index in [1.807, 2.05) is 26.1 Å². The van der Waals surface area contributed by atoms with Crippen LogP contribution in [0, 0.1) is 0 Å². The monoisotopic (exact) mass is 720 g/mol. The van der Waals surface area contributed by atoms with Crippen LogP contribution in [0.4, 0.5) is 0 Å². The maximum Gasteiger partial charge on any atom is 0.251 e. The Bertz CT molecular complexity index is 1660. The number of amides is 2. The SMILES string of the molecule is CCNC(=O)c1cccc(C(=O)NCCOCCOCCOCCNS(=O)(=O)c2cccc(C3CN(C)Cc4c(Cl)cc(Cl)cc43)c2)c1. The third kappa shape index (κ3) is 11.0. The standard InChI is InChI=1S/C34H42Cl2N4O7S/c1-3-37-33(41)25-7-4-8-26(18-25)34(42)38-10-12-45-14-16-47-17-15-46-13-11-39-48(43,44)28-9-5-6-24(19-28)30-22-40(2)23-31-29(30)20-27(35)21-32(31)36/h4-9,18-21,30,39H,3,10-17,22-23H2,1-2H3,(H,37,41)(H,38,42). The van der Waals surface area contributed by atoms with E-state index in [-0.39, 0.29) is 35.8 Å². The molecular weight excluding hydrogens is 679 g/mol. The topological polar surface area (TPSA) is 135 Å². The summed E-state index contributed by atoms with van der Waals surface area (Å²) in [6.07, 6.45) is 0. The molecule has 2 amide bonds. The summed E-state index contributed by atoms with van der Waals surface area (Å²) in [5.41, 5.74) is 3.71. The van der Waals surface area contributed by atoms with Crippen LogP contribution in [0.15, 0.2) is 65.6 Å². The number of fused-ring (bicyclic) bond motifs is 1. The van der Waals surface area contributed by atoms with Crippen molar-refractivity contribution >= 4 is 45.0 Å². The number of hydrogen-bond donors (Lipinski definition) is 3. The van der Waals surface area contributed by atoms with Gasteiger partial charge in [0.15, 0.2) is 0 Å². The number of halogens is 2. The summed E-state index contributed by atoms with van der Waals surface area (Å²) in [7, 11) is -1.75. The van der Waals surface area contributed by atoms with Gasteiger partial charge in [-0.25, -0.2) is 13.1 Å². The number of hydrogen-bond acceptors (Lipinski definition) is 8. The van der Waals surface area contributed by atoms with Gasteiger partial charge in [-0.2, -0.15) is 0 Å². The molecule has 0 radical (unpaired) electrons. The van der Waals surface area contributed by atoms with Gasteiger partial charge in [0.25, 0.3) is 11.8 Å². The third-order valence-electron chi connectivity index (χ3n) is 7.60. The second-order valence-corrected chi connectivity index (χ2v) is 13.8. The lowest BCUT2D eigenvalue weighted by atomic mass is 9.85. The van der Waals surface area contributed by atoms with Crippen molar-refractivity contribution in [3.8, 4) is 0 Å². The van der Waals surface area contributed by atoms with Crippen LogP contribution in [0.5, 0.6) is 0 Å². The molecule has 1 aliphatic heterocycles. The van der Waals surface area contributed by atoms with Gasteiger partial charge in [-0.3, -0.25) is 9.59 Å². The van der Waals surface area contributed by atoms with Gasteiger partial charge in [0.1, 0.15) is 0 Å². The molecule has 1 aliphatic rings. The number of carbonyl (C=O) groups excluding carboxylic acids is 2. The molecule has 0 bridgehead atoms. The summed E-state index contributed by atoms with van der Waals surface area (Å²) >= 11 is 12.8. The minimum atomic E-state index is -3.76. The Morgan fingerprint density at radius 1 is 0.833 bits per heavy atom. The van der Waals surface area contributed by atoms with Crippen LogP contribution in [0.1, 0.15) is 50.2 Å². The van der Waals surface area contributed by atoms with Crippen LogP contribution in [-0.4, -0.2) is 98.0 Å². The molecule has 0 saturated heterocycles. The van der Waals surface area contributed by atoms with E-state index in [0.29, 0.717) is 80.4 Å². The second kappa shape index (κ2) is 18.6. The summed E-state index contributed by atoms with van der Waals surface area (Å²) in [6.45, 7) is 5.94. The van der Waals surface area contributed by atoms with Crippen LogP contribution in [-0.2, 0) is 30.8 Å². The van der Waals surface area contributed by atoms with E-state index >= 15 is 0 Å². The van der Waals surface area contributed by atoms with Crippen LogP contribution < -0.4 is 15.4 Å². The molecular formula is C34H42Cl2N4O7S. The van der Waals surface area contributed by atoms with E-state index < -0.39 is 10.0 Å². The molecule has 0 saturated carbocycles. The van der Waals surface area contributed by atoms with Gasteiger partial charge < -0.3 is 29.7 Å². The van der Waals surface area contributed by atoms with E-state index in [4.69, 9.17) is 37.4 Å². The smallest absolute Gasteiger partial charge is 0.251 e. The first-order valence-corrected chi connectivity index (χ1v) is 18.0. The molecule has 3 N–H and O–H groups in total. The molecule has 0 aliphatic carbocycles. The quantitative estimate of drug-likeness (QED) is 0.168. The molecule has 260 valence electrons. The predicted octanol–water partition coefficient (Wildman–Crippen LogP) is 4.08. The van der Waals surface area contributed by atoms with Crippen molar-refractivity contribution in [2.75, 3.05) is 72.9 Å². The highest BCUT2D eigenvalue weighted by Crippen LogP contribution is 2.38. The Balaban J connectivity index is 1.08. The number of benzene rings is 3. The Hall–Kier alpha value is -3.07. The summed E-state index contributed by atoms with van der Waals surface area (Å²) in [6, 6.07) is 17.1. The molecule has 3 aromatic rings. The summed E-state index contributed by atoms with van der Waals surface area (Å²) in [5, 5.41) is 6.62. The Morgan fingerprint density at radius 2 is 1.46 bits per heavy atom. The number of carbonyl (C=O) groups is 2. The van der Waals surface area contributed by atoms with Gasteiger partial charge in [-0.05, 0) is 73.1 Å². The molecule has 3 aromatic carbocycles. The van der Waals surface area contributed by atoms with E-state index in [0.717, 1.165) is 16.7 Å². The first kappa shape index (κ1) is 37.7. The molecule has 0 spiro atoms. The van der Waals surface area contributed by atoms with E-state index in [1.165, 1.54) is 0 Å². The Labute approximate surface area is 292 Å². The van der Waals surface area contributed by atoms with Crippen molar-refractivity contribution < 1.29 is 32.2 Å². The fraction of sp³-hybridized carbons (Fsp3) is 0.412. The Morgan fingerprint density at radius 3 is 2.15 bits per heavy atom. The number of likely N-dealkylation sites (N-methyl/N-ethyl adjacent to an activating group) is 1. The lowest BCUT2D eigenvalue weighted by Crippen LogP contribution is -2.31. The zero-order chi connectivity index (χ0) is 34.5. The maximum atomic E-state index is 13.0. The maximum absolute atomic E-state index is 13.0. The largest absolute Gasteiger partial charge is 0.378 e. The number of nitrogens with one attached hydrogen (secondary N) is 3. The van der Waals surface area contributed by atoms with Gasteiger partial charge in [-0.1, -0.05) is 41.4 Å². The lowest BCUT2D eigenvalue weighted by molar-refractivity contribution is 0.0162. The van der Waals surface area contributed by atoms with Crippen LogP contribution in [0.3, 0.4) is 0 Å². The summed E-state index contributed by atoms with van der Waals surface area (Å²) < 4.78 is 45.2. The molecule has 1 unspecified atom stereocenters. The molecule has 11 nitrogen and oxygen atoms in total. The number of ether oxygens (including phenoxy) is 3. The van der Waals surface area contributed by atoms with Crippen molar-refractivity contribution in [2.24, 2.45) is 0 Å². The van der Waals surface area contributed by atoms with E-state index in [9.17, 15) is 18.0 Å². The van der Waals surface area contributed by atoms with Crippen molar-refractivity contribution in [2.45, 2.75) is 24.3 Å². The molecule has 0 aromatic heterocycles. The van der Waals surface area contributed by atoms with Gasteiger partial charge >= 0.3 is 0 Å². The van der Waals surface area contributed by atoms with Crippen molar-refractivity contribution in [1.82, 2.24) is 20.3 Å². The molecule has 0 fully saturated rings. The second-order valence-electron chi connectivity index (χ2n) is 11.2. The molecule has 14 heteroatoms. The van der Waals surface area contributed by atoms with E-state index in [1.54, 1.807) is 48.5 Å². The summed E-state index contributed by atoms with van der Waals surface area (Å²) in [4.78, 5) is 26.6.